The Morgan fingerprint density at radius 2 is 1.88 bits per heavy atom. The minimum atomic E-state index is -3.68. The van der Waals surface area contributed by atoms with Crippen molar-refractivity contribution >= 4 is 15.9 Å². The number of morpholine rings is 1. The molecule has 1 N–H and O–H groups in total. The number of aryl methyl sites for hydroxylation is 2. The lowest BCUT2D eigenvalue weighted by Crippen LogP contribution is -2.48. The molecule has 0 saturated carbocycles. The summed E-state index contributed by atoms with van der Waals surface area (Å²) >= 11 is 0. The predicted octanol–water partition coefficient (Wildman–Crippen LogP) is 0.341. The molecule has 0 aromatic carbocycles. The van der Waals surface area contributed by atoms with Crippen LogP contribution in [0.3, 0.4) is 0 Å². The number of nitrogens with zero attached hydrogens (tertiary/aromatic N) is 3. The number of aromatic nitrogens is 2. The Balaban J connectivity index is 1.94. The van der Waals surface area contributed by atoms with Gasteiger partial charge in [0.2, 0.25) is 15.9 Å². The summed E-state index contributed by atoms with van der Waals surface area (Å²) < 4.78 is 34.5. The first-order valence-electron chi connectivity index (χ1n) is 8.05. The van der Waals surface area contributed by atoms with Crippen LogP contribution in [0.2, 0.25) is 0 Å². The van der Waals surface area contributed by atoms with E-state index in [0.29, 0.717) is 24.5 Å². The molecule has 0 unspecified atom stereocenters. The molecule has 1 aliphatic heterocycles. The van der Waals surface area contributed by atoms with Crippen molar-refractivity contribution in [2.24, 2.45) is 7.05 Å². The fraction of sp³-hybridized carbons (Fsp3) is 0.733. The number of sulfonamides is 1. The molecule has 0 spiro atoms. The van der Waals surface area contributed by atoms with Crippen molar-refractivity contribution in [3.05, 3.63) is 11.4 Å². The number of ether oxygens (including phenoxy) is 1. The maximum absolute atomic E-state index is 12.4. The summed E-state index contributed by atoms with van der Waals surface area (Å²) in [6.45, 7) is 8.35. The molecule has 0 aliphatic carbocycles. The first-order chi connectivity index (χ1) is 11.1. The van der Waals surface area contributed by atoms with Crippen molar-refractivity contribution < 1.29 is 17.9 Å². The first kappa shape index (κ1) is 18.9. The van der Waals surface area contributed by atoms with Gasteiger partial charge in [-0.1, -0.05) is 0 Å². The SMILES string of the molecule is Cc1nn(C)c(C)c1S(=O)(=O)NCCC(=O)N1C[C@@H](C)O[C@@H](C)C1. The van der Waals surface area contributed by atoms with Crippen molar-refractivity contribution in [3.8, 4) is 0 Å². The minimum absolute atomic E-state index is 0.00455. The summed E-state index contributed by atoms with van der Waals surface area (Å²) in [6.07, 6.45) is 0.113. The lowest BCUT2D eigenvalue weighted by atomic mass is 10.2. The van der Waals surface area contributed by atoms with Gasteiger partial charge in [0.1, 0.15) is 4.90 Å². The van der Waals surface area contributed by atoms with E-state index in [9.17, 15) is 13.2 Å². The van der Waals surface area contributed by atoms with E-state index in [0.717, 1.165) is 0 Å². The molecule has 2 atom stereocenters. The highest BCUT2D eigenvalue weighted by Crippen LogP contribution is 2.18. The standard InChI is InChI=1S/C15H26N4O4S/c1-10-8-19(9-11(2)23-10)14(20)6-7-16-24(21,22)15-12(3)17-18(5)13(15)4/h10-11,16H,6-9H2,1-5H3/t10-,11+. The minimum Gasteiger partial charge on any atom is -0.372 e. The summed E-state index contributed by atoms with van der Waals surface area (Å²) in [7, 11) is -1.98. The zero-order valence-corrected chi connectivity index (χ0v) is 15.7. The maximum atomic E-state index is 12.4. The van der Waals surface area contributed by atoms with Crippen LogP contribution in [0, 0.1) is 13.8 Å². The molecule has 1 aromatic heterocycles. The summed E-state index contributed by atoms with van der Waals surface area (Å²) in [5, 5.41) is 4.12. The smallest absolute Gasteiger partial charge is 0.244 e. The van der Waals surface area contributed by atoms with Gasteiger partial charge < -0.3 is 9.64 Å². The molecular formula is C15H26N4O4S. The molecule has 1 saturated heterocycles. The van der Waals surface area contributed by atoms with E-state index in [4.69, 9.17) is 4.74 Å². The zero-order chi connectivity index (χ0) is 18.1. The van der Waals surface area contributed by atoms with Gasteiger partial charge in [-0.15, -0.1) is 0 Å². The van der Waals surface area contributed by atoms with Crippen molar-refractivity contribution in [1.29, 1.82) is 0 Å². The Labute approximate surface area is 143 Å². The molecule has 24 heavy (non-hydrogen) atoms. The molecule has 8 nitrogen and oxygen atoms in total. The zero-order valence-electron chi connectivity index (χ0n) is 14.9. The van der Waals surface area contributed by atoms with Crippen LogP contribution in [0.15, 0.2) is 4.90 Å². The van der Waals surface area contributed by atoms with Crippen LogP contribution in [0.1, 0.15) is 31.7 Å². The second kappa shape index (κ2) is 7.20. The molecule has 2 rings (SSSR count). The van der Waals surface area contributed by atoms with Gasteiger partial charge >= 0.3 is 0 Å². The van der Waals surface area contributed by atoms with Gasteiger partial charge in [-0.2, -0.15) is 5.10 Å². The van der Waals surface area contributed by atoms with E-state index >= 15 is 0 Å². The van der Waals surface area contributed by atoms with Gasteiger partial charge in [0, 0.05) is 33.1 Å². The van der Waals surface area contributed by atoms with Crippen molar-refractivity contribution in [3.63, 3.8) is 0 Å². The van der Waals surface area contributed by atoms with E-state index in [-0.39, 0.29) is 36.0 Å². The van der Waals surface area contributed by atoms with Gasteiger partial charge in [-0.25, -0.2) is 13.1 Å². The molecule has 9 heteroatoms. The number of hydrogen-bond donors (Lipinski definition) is 1. The van der Waals surface area contributed by atoms with Crippen LogP contribution < -0.4 is 4.72 Å². The van der Waals surface area contributed by atoms with Crippen LogP contribution in [0.25, 0.3) is 0 Å². The first-order valence-corrected chi connectivity index (χ1v) is 9.53. The summed E-state index contributed by atoms with van der Waals surface area (Å²) in [6, 6.07) is 0. The number of carbonyl (C=O) groups excluding carboxylic acids is 1. The van der Waals surface area contributed by atoms with Gasteiger partial charge in [-0.05, 0) is 27.7 Å². The molecular weight excluding hydrogens is 332 g/mol. The second-order valence-electron chi connectivity index (χ2n) is 6.33. The van der Waals surface area contributed by atoms with E-state index < -0.39 is 10.0 Å². The van der Waals surface area contributed by atoms with Crippen molar-refractivity contribution in [1.82, 2.24) is 19.4 Å². The average molecular weight is 358 g/mol. The van der Waals surface area contributed by atoms with Gasteiger partial charge in [-0.3, -0.25) is 9.48 Å². The van der Waals surface area contributed by atoms with Gasteiger partial charge in [0.05, 0.1) is 23.6 Å². The van der Waals surface area contributed by atoms with E-state index in [1.807, 2.05) is 13.8 Å². The summed E-state index contributed by atoms with van der Waals surface area (Å²) in [4.78, 5) is 14.2. The fourth-order valence-electron chi connectivity index (χ4n) is 3.05. The monoisotopic (exact) mass is 358 g/mol. The Hall–Kier alpha value is -1.45. The molecule has 136 valence electrons. The topological polar surface area (TPSA) is 93.5 Å². The third-order valence-electron chi connectivity index (χ3n) is 4.11. The molecule has 0 radical (unpaired) electrons. The summed E-state index contributed by atoms with van der Waals surface area (Å²) in [5.41, 5.74) is 1.02. The third-order valence-corrected chi connectivity index (χ3v) is 5.83. The van der Waals surface area contributed by atoms with Crippen LogP contribution in [0.5, 0.6) is 0 Å². The van der Waals surface area contributed by atoms with Crippen molar-refractivity contribution in [2.75, 3.05) is 19.6 Å². The quantitative estimate of drug-likeness (QED) is 0.819. The number of hydrogen-bond acceptors (Lipinski definition) is 5. The molecule has 1 aromatic rings. The third kappa shape index (κ3) is 4.14. The number of nitrogens with one attached hydrogen (secondary N) is 1. The number of carbonyl (C=O) groups is 1. The van der Waals surface area contributed by atoms with Crippen LogP contribution in [-0.2, 0) is 26.6 Å². The highest BCUT2D eigenvalue weighted by Gasteiger charge is 2.27. The lowest BCUT2D eigenvalue weighted by molar-refractivity contribution is -0.143. The number of amides is 1. The fourth-order valence-corrected chi connectivity index (χ4v) is 4.51. The second-order valence-corrected chi connectivity index (χ2v) is 8.03. The average Bonchev–Trinajstić information content (AvgIpc) is 2.71. The Bertz CT molecular complexity index is 703. The summed E-state index contributed by atoms with van der Waals surface area (Å²) in [5.74, 6) is -0.0701. The molecule has 2 heterocycles. The highest BCUT2D eigenvalue weighted by atomic mass is 32.2. The molecule has 1 aliphatic rings. The van der Waals surface area contributed by atoms with Crippen LogP contribution in [0.4, 0.5) is 0 Å². The molecule has 1 amide bonds. The number of rotatable bonds is 5. The Kier molecular flexibility index (Phi) is 5.67. The van der Waals surface area contributed by atoms with E-state index in [1.54, 1.807) is 25.8 Å². The Morgan fingerprint density at radius 1 is 1.29 bits per heavy atom. The van der Waals surface area contributed by atoms with Gasteiger partial charge in [0.25, 0.3) is 0 Å². The highest BCUT2D eigenvalue weighted by molar-refractivity contribution is 7.89. The largest absolute Gasteiger partial charge is 0.372 e. The van der Waals surface area contributed by atoms with Crippen LogP contribution >= 0.6 is 0 Å². The van der Waals surface area contributed by atoms with E-state index in [2.05, 4.69) is 9.82 Å². The predicted molar refractivity (Wildman–Crippen MR) is 89.1 cm³/mol. The maximum Gasteiger partial charge on any atom is 0.244 e. The van der Waals surface area contributed by atoms with Gasteiger partial charge in [0.15, 0.2) is 0 Å². The molecule has 1 fully saturated rings. The lowest BCUT2D eigenvalue weighted by Gasteiger charge is -2.35. The van der Waals surface area contributed by atoms with E-state index in [1.165, 1.54) is 4.68 Å². The van der Waals surface area contributed by atoms with Crippen LogP contribution in [-0.4, -0.2) is 60.8 Å². The normalized spacial score (nSPS) is 22.0. The Morgan fingerprint density at radius 3 is 2.38 bits per heavy atom. The molecule has 0 bridgehead atoms. The van der Waals surface area contributed by atoms with Crippen molar-refractivity contribution in [2.45, 2.75) is 51.2 Å².